The molecule has 3 aromatic rings. The minimum Gasteiger partial charge on any atom is -0.348 e. The van der Waals surface area contributed by atoms with E-state index in [1.165, 1.54) is 0 Å². The van der Waals surface area contributed by atoms with Crippen LogP contribution in [-0.4, -0.2) is 28.8 Å². The lowest BCUT2D eigenvalue weighted by Gasteiger charge is -2.11. The van der Waals surface area contributed by atoms with E-state index in [-0.39, 0.29) is 11.8 Å². The minimum atomic E-state index is -0.139. The highest BCUT2D eigenvalue weighted by Crippen LogP contribution is 2.28. The molecular weight excluding hydrogens is 304 g/mol. The molecule has 1 aromatic heterocycles. The molecule has 4 rings (SSSR count). The SMILES string of the molecule is CN1C(=O)Cc2cc(CNC(=O)c3ccc4nc[nH]c4c3)ccc21. The smallest absolute Gasteiger partial charge is 0.251 e. The number of fused-ring (bicyclic) bond motifs is 2. The highest BCUT2D eigenvalue weighted by atomic mass is 16.2. The number of nitrogens with zero attached hydrogens (tertiary/aromatic N) is 2. The van der Waals surface area contributed by atoms with Crippen molar-refractivity contribution in [3.05, 3.63) is 59.4 Å². The Bertz CT molecular complexity index is 961. The highest BCUT2D eigenvalue weighted by molar-refractivity contribution is 6.01. The van der Waals surface area contributed by atoms with E-state index >= 15 is 0 Å². The van der Waals surface area contributed by atoms with Gasteiger partial charge in [-0.3, -0.25) is 9.59 Å². The van der Waals surface area contributed by atoms with Crippen LogP contribution in [0.2, 0.25) is 0 Å². The van der Waals surface area contributed by atoms with E-state index in [4.69, 9.17) is 0 Å². The molecule has 1 aliphatic heterocycles. The lowest BCUT2D eigenvalue weighted by Crippen LogP contribution is -2.22. The number of likely N-dealkylation sites (N-methyl/N-ethyl adjacent to an activating group) is 1. The van der Waals surface area contributed by atoms with E-state index in [1.54, 1.807) is 30.4 Å². The molecule has 6 nitrogen and oxygen atoms in total. The van der Waals surface area contributed by atoms with Gasteiger partial charge in [0.1, 0.15) is 0 Å². The molecule has 0 atom stereocenters. The fourth-order valence-corrected chi connectivity index (χ4v) is 2.99. The third kappa shape index (κ3) is 2.42. The largest absolute Gasteiger partial charge is 0.348 e. The average molecular weight is 320 g/mol. The normalized spacial score (nSPS) is 13.4. The number of aromatic amines is 1. The first-order chi connectivity index (χ1) is 11.6. The Kier molecular flexibility index (Phi) is 3.30. The molecule has 0 saturated carbocycles. The zero-order valence-corrected chi connectivity index (χ0v) is 13.2. The summed E-state index contributed by atoms with van der Waals surface area (Å²) in [6, 6.07) is 11.2. The minimum absolute atomic E-state index is 0.0963. The van der Waals surface area contributed by atoms with Crippen LogP contribution in [0.15, 0.2) is 42.7 Å². The first kappa shape index (κ1) is 14.4. The van der Waals surface area contributed by atoms with Gasteiger partial charge in [-0.2, -0.15) is 0 Å². The lowest BCUT2D eigenvalue weighted by atomic mass is 10.1. The molecule has 0 fully saturated rings. The predicted molar refractivity (Wildman–Crippen MR) is 90.8 cm³/mol. The summed E-state index contributed by atoms with van der Waals surface area (Å²) in [4.78, 5) is 32.8. The fraction of sp³-hybridized carbons (Fsp3) is 0.167. The fourth-order valence-electron chi connectivity index (χ4n) is 2.99. The van der Waals surface area contributed by atoms with Crippen molar-refractivity contribution >= 4 is 28.5 Å². The summed E-state index contributed by atoms with van der Waals surface area (Å²) in [6.45, 7) is 0.422. The number of amides is 2. The summed E-state index contributed by atoms with van der Waals surface area (Å²) in [6.07, 6.45) is 2.03. The second-order valence-corrected chi connectivity index (χ2v) is 5.91. The van der Waals surface area contributed by atoms with Crippen molar-refractivity contribution in [3.63, 3.8) is 0 Å². The molecule has 1 aliphatic rings. The van der Waals surface area contributed by atoms with Gasteiger partial charge in [0.05, 0.1) is 23.8 Å². The van der Waals surface area contributed by atoms with E-state index in [0.717, 1.165) is 27.8 Å². The summed E-state index contributed by atoms with van der Waals surface area (Å²) in [5.41, 5.74) is 5.18. The maximum absolute atomic E-state index is 12.3. The van der Waals surface area contributed by atoms with Gasteiger partial charge in [0.2, 0.25) is 5.91 Å². The van der Waals surface area contributed by atoms with Crippen molar-refractivity contribution in [3.8, 4) is 0 Å². The lowest BCUT2D eigenvalue weighted by molar-refractivity contribution is -0.117. The standard InChI is InChI=1S/C18H16N4O2/c1-22-16-5-2-11(6-13(16)8-17(22)23)9-19-18(24)12-3-4-14-15(7-12)21-10-20-14/h2-7,10H,8-9H2,1H3,(H,19,24)(H,20,21). The van der Waals surface area contributed by atoms with E-state index in [0.29, 0.717) is 18.5 Å². The zero-order chi connectivity index (χ0) is 16.7. The van der Waals surface area contributed by atoms with Crippen LogP contribution in [0.5, 0.6) is 0 Å². The highest BCUT2D eigenvalue weighted by Gasteiger charge is 2.23. The van der Waals surface area contributed by atoms with Crippen LogP contribution in [0.4, 0.5) is 5.69 Å². The van der Waals surface area contributed by atoms with Crippen LogP contribution in [0.25, 0.3) is 11.0 Å². The second kappa shape index (κ2) is 5.49. The van der Waals surface area contributed by atoms with Crippen molar-refractivity contribution in [1.82, 2.24) is 15.3 Å². The number of hydrogen-bond donors (Lipinski definition) is 2. The second-order valence-electron chi connectivity index (χ2n) is 5.91. The van der Waals surface area contributed by atoms with Gasteiger partial charge < -0.3 is 15.2 Å². The average Bonchev–Trinajstić information content (AvgIpc) is 3.16. The molecule has 0 aliphatic carbocycles. The summed E-state index contributed by atoms with van der Waals surface area (Å²) < 4.78 is 0. The molecule has 2 amide bonds. The van der Waals surface area contributed by atoms with E-state index < -0.39 is 0 Å². The molecule has 0 bridgehead atoms. The Morgan fingerprint density at radius 1 is 1.29 bits per heavy atom. The summed E-state index contributed by atoms with van der Waals surface area (Å²) >= 11 is 0. The van der Waals surface area contributed by atoms with Gasteiger partial charge in [-0.1, -0.05) is 12.1 Å². The number of benzene rings is 2. The van der Waals surface area contributed by atoms with Gasteiger partial charge in [-0.25, -0.2) is 4.98 Å². The third-order valence-corrected chi connectivity index (χ3v) is 4.36. The number of carbonyl (C=O) groups is 2. The first-order valence-corrected chi connectivity index (χ1v) is 7.71. The maximum atomic E-state index is 12.3. The van der Waals surface area contributed by atoms with Gasteiger partial charge in [-0.05, 0) is 35.4 Å². The quantitative estimate of drug-likeness (QED) is 0.775. The van der Waals surface area contributed by atoms with Crippen LogP contribution in [0, 0.1) is 0 Å². The number of carbonyl (C=O) groups excluding carboxylic acids is 2. The molecule has 6 heteroatoms. The molecular formula is C18H16N4O2. The number of rotatable bonds is 3. The van der Waals surface area contributed by atoms with Gasteiger partial charge >= 0.3 is 0 Å². The molecule has 0 spiro atoms. The number of hydrogen-bond acceptors (Lipinski definition) is 3. The monoisotopic (exact) mass is 320 g/mol. The maximum Gasteiger partial charge on any atom is 0.251 e. The third-order valence-electron chi connectivity index (χ3n) is 4.36. The Morgan fingerprint density at radius 3 is 3.04 bits per heavy atom. The Morgan fingerprint density at radius 2 is 2.17 bits per heavy atom. The van der Waals surface area contributed by atoms with E-state index in [2.05, 4.69) is 15.3 Å². The van der Waals surface area contributed by atoms with Crippen LogP contribution in [0.3, 0.4) is 0 Å². The van der Waals surface area contributed by atoms with Crippen molar-refractivity contribution in [1.29, 1.82) is 0 Å². The summed E-state index contributed by atoms with van der Waals surface area (Å²) in [5.74, 6) is -0.0424. The van der Waals surface area contributed by atoms with Gasteiger partial charge in [0.25, 0.3) is 5.91 Å². The molecule has 0 unspecified atom stereocenters. The molecule has 2 N–H and O–H groups in total. The van der Waals surface area contributed by atoms with Crippen molar-refractivity contribution in [2.45, 2.75) is 13.0 Å². The Labute approximate surface area is 138 Å². The van der Waals surface area contributed by atoms with Gasteiger partial charge in [0, 0.05) is 24.8 Å². The summed E-state index contributed by atoms with van der Waals surface area (Å²) in [7, 11) is 1.78. The number of anilines is 1. The van der Waals surface area contributed by atoms with Gasteiger partial charge in [-0.15, -0.1) is 0 Å². The molecule has 2 heterocycles. The Balaban J connectivity index is 1.48. The number of imidazole rings is 1. The predicted octanol–water partition coefficient (Wildman–Crippen LogP) is 2.01. The molecule has 24 heavy (non-hydrogen) atoms. The van der Waals surface area contributed by atoms with Crippen LogP contribution < -0.4 is 10.2 Å². The number of H-pyrrole nitrogens is 1. The number of aromatic nitrogens is 2. The van der Waals surface area contributed by atoms with E-state index in [1.807, 2.05) is 24.3 Å². The molecule has 0 radical (unpaired) electrons. The zero-order valence-electron chi connectivity index (χ0n) is 13.2. The van der Waals surface area contributed by atoms with Crippen molar-refractivity contribution < 1.29 is 9.59 Å². The molecule has 2 aromatic carbocycles. The molecule has 120 valence electrons. The molecule has 0 saturated heterocycles. The first-order valence-electron chi connectivity index (χ1n) is 7.71. The summed E-state index contributed by atoms with van der Waals surface area (Å²) in [5, 5.41) is 2.91. The van der Waals surface area contributed by atoms with Crippen LogP contribution in [-0.2, 0) is 17.8 Å². The van der Waals surface area contributed by atoms with Crippen molar-refractivity contribution in [2.75, 3.05) is 11.9 Å². The van der Waals surface area contributed by atoms with Crippen LogP contribution >= 0.6 is 0 Å². The van der Waals surface area contributed by atoms with Crippen LogP contribution in [0.1, 0.15) is 21.5 Å². The topological polar surface area (TPSA) is 78.1 Å². The Hall–Kier alpha value is -3.15. The number of nitrogens with one attached hydrogen (secondary N) is 2. The van der Waals surface area contributed by atoms with Gasteiger partial charge in [0.15, 0.2) is 0 Å². The van der Waals surface area contributed by atoms with Crippen molar-refractivity contribution in [2.24, 2.45) is 0 Å². The van der Waals surface area contributed by atoms with E-state index in [9.17, 15) is 9.59 Å².